The van der Waals surface area contributed by atoms with Gasteiger partial charge >= 0.3 is 0 Å². The molecule has 6 nitrogen and oxygen atoms in total. The molecule has 0 aliphatic heterocycles. The smallest absolute Gasteiger partial charge is 0.269 e. The van der Waals surface area contributed by atoms with Crippen molar-refractivity contribution in [2.24, 2.45) is 0 Å². The lowest BCUT2D eigenvalue weighted by Gasteiger charge is -2.37. The molecule has 0 saturated heterocycles. The standard InChI is InChI=1S/C78H68N4O2Si/c1-76(2,3)54-22-17-28-62(44-54)85(63-29-18-23-55(45-63)77(4,5)6,64-30-19-24-56(46-64)78(7,8)9)61-27-16-21-52(43-61)53-37-42-75(79-50-53)82-69-33-12-10-31-65(69)66-40-39-60(49-72(66)82)83-59-26-20-25-57(47-59)80-51-81(71-35-14-13-34-70(71)80)58-38-41-74-68(48-58)67-32-11-15-36-73(67)84-74/h10-50H,1-9H3. The second-order valence-corrected chi connectivity index (χ2v) is 29.7. The Labute approximate surface area is 498 Å². The van der Waals surface area contributed by atoms with E-state index >= 15 is 0 Å². The highest BCUT2D eigenvalue weighted by Gasteiger charge is 2.43. The summed E-state index contributed by atoms with van der Waals surface area (Å²) in [5.41, 5.74) is 13.9. The Morgan fingerprint density at radius 2 is 0.988 bits per heavy atom. The average Bonchev–Trinajstić information content (AvgIpc) is 3.39. The number of hydrogen-bond donors (Lipinski definition) is 0. The minimum Gasteiger partial charge on any atom is -0.458 e. The van der Waals surface area contributed by atoms with Crippen molar-refractivity contribution in [2.45, 2.75) is 78.6 Å². The van der Waals surface area contributed by atoms with E-state index in [2.05, 4.69) is 301 Å². The van der Waals surface area contributed by atoms with E-state index in [0.717, 1.165) is 88.8 Å². The molecule has 0 amide bonds. The molecule has 0 bridgehead atoms. The summed E-state index contributed by atoms with van der Waals surface area (Å²) < 4.78 is 19.5. The molecule has 0 atom stereocenters. The highest BCUT2D eigenvalue weighted by molar-refractivity contribution is 7.20. The Kier molecular flexibility index (Phi) is 12.8. The van der Waals surface area contributed by atoms with E-state index in [0.29, 0.717) is 5.75 Å². The van der Waals surface area contributed by atoms with Gasteiger partial charge in [0.25, 0.3) is 6.33 Å². The lowest BCUT2D eigenvalue weighted by atomic mass is 9.87. The number of pyridine rings is 1. The highest BCUT2D eigenvalue weighted by atomic mass is 28.3. The first-order chi connectivity index (χ1) is 41.0. The Hall–Kier alpha value is -9.56. The van der Waals surface area contributed by atoms with Crippen LogP contribution < -0.4 is 30.1 Å². The molecule has 0 saturated carbocycles. The van der Waals surface area contributed by atoms with Gasteiger partial charge in [-0.15, -0.1) is 0 Å². The number of ether oxygens (including phenoxy) is 1. The molecule has 85 heavy (non-hydrogen) atoms. The molecule has 7 heteroatoms. The Morgan fingerprint density at radius 1 is 0.424 bits per heavy atom. The normalized spacial score (nSPS) is 12.5. The van der Waals surface area contributed by atoms with Crippen LogP contribution in [0.15, 0.2) is 253 Å². The van der Waals surface area contributed by atoms with Crippen molar-refractivity contribution in [3.05, 3.63) is 272 Å². The summed E-state index contributed by atoms with van der Waals surface area (Å²) in [6.45, 7) is 20.9. The summed E-state index contributed by atoms with van der Waals surface area (Å²) in [6, 6.07) is 88.5. The number of furan rings is 1. The fraction of sp³-hybridized carbons (Fsp3) is 0.154. The summed E-state index contributed by atoms with van der Waals surface area (Å²) in [7, 11) is -3.04. The maximum atomic E-state index is 6.82. The van der Waals surface area contributed by atoms with Crippen LogP contribution in [0, 0.1) is 6.33 Å². The van der Waals surface area contributed by atoms with E-state index in [1.807, 2.05) is 30.5 Å². The zero-order valence-corrected chi connectivity index (χ0v) is 50.8. The minimum absolute atomic E-state index is 0.0398. The fourth-order valence-corrected chi connectivity index (χ4v) is 17.5. The van der Waals surface area contributed by atoms with Gasteiger partial charge in [0.15, 0.2) is 8.07 Å². The van der Waals surface area contributed by atoms with Crippen molar-refractivity contribution < 1.29 is 13.7 Å². The molecule has 0 aliphatic rings. The molecule has 416 valence electrons. The minimum atomic E-state index is -3.04. The van der Waals surface area contributed by atoms with Crippen molar-refractivity contribution in [1.29, 1.82) is 0 Å². The predicted molar refractivity (Wildman–Crippen MR) is 355 cm³/mol. The summed E-state index contributed by atoms with van der Waals surface area (Å²) in [6.07, 6.45) is 5.73. The third-order valence-electron chi connectivity index (χ3n) is 17.2. The van der Waals surface area contributed by atoms with Crippen molar-refractivity contribution in [2.75, 3.05) is 0 Å². The maximum Gasteiger partial charge on any atom is 0.269 e. The van der Waals surface area contributed by atoms with Gasteiger partial charge in [-0.25, -0.2) is 4.98 Å². The van der Waals surface area contributed by atoms with Crippen LogP contribution in [0.1, 0.15) is 79.0 Å². The molecule has 0 unspecified atom stereocenters. The van der Waals surface area contributed by atoms with Crippen LogP contribution in [0.25, 0.3) is 83.1 Å². The SMILES string of the molecule is CC(C)(C)c1cccc([Si](c2cccc(-c3ccc(-n4c5ccccc5c5ccc(Oc6cccc(-n7[c-][n+](-c8ccc9oc%10ccccc%10c9c8)c8ccccc87)c6)cc54)nc3)c2)(c2cccc(C(C)(C)C)c2)c2cccc(C(C)(C)C)c2)c1. The summed E-state index contributed by atoms with van der Waals surface area (Å²) in [5.74, 6) is 2.27. The summed E-state index contributed by atoms with van der Waals surface area (Å²) in [5, 5.41) is 9.89. The molecule has 0 aliphatic carbocycles. The molecular weight excluding hydrogens is 1050 g/mol. The number of aromatic nitrogens is 4. The third-order valence-corrected chi connectivity index (χ3v) is 21.9. The summed E-state index contributed by atoms with van der Waals surface area (Å²) >= 11 is 0. The Morgan fingerprint density at radius 3 is 1.65 bits per heavy atom. The number of rotatable bonds is 10. The van der Waals surface area contributed by atoms with E-state index in [9.17, 15) is 0 Å². The van der Waals surface area contributed by atoms with E-state index in [1.165, 1.54) is 37.4 Å². The Bertz CT molecular complexity index is 4740. The van der Waals surface area contributed by atoms with Crippen LogP contribution in [0.2, 0.25) is 0 Å². The van der Waals surface area contributed by atoms with Gasteiger partial charge in [0.05, 0.1) is 33.4 Å². The van der Waals surface area contributed by atoms with Crippen LogP contribution in [0.3, 0.4) is 0 Å². The second-order valence-electron chi connectivity index (χ2n) is 25.9. The van der Waals surface area contributed by atoms with Gasteiger partial charge < -0.3 is 9.15 Å². The molecule has 4 heterocycles. The molecule has 10 aromatic carbocycles. The van der Waals surface area contributed by atoms with Crippen LogP contribution in [0.5, 0.6) is 11.5 Å². The molecule has 14 aromatic rings. The van der Waals surface area contributed by atoms with E-state index in [4.69, 9.17) is 14.1 Å². The van der Waals surface area contributed by atoms with Gasteiger partial charge in [-0.05, 0) is 132 Å². The van der Waals surface area contributed by atoms with Crippen molar-refractivity contribution in [3.63, 3.8) is 0 Å². The maximum absolute atomic E-state index is 6.82. The first-order valence-electron chi connectivity index (χ1n) is 29.6. The highest BCUT2D eigenvalue weighted by Crippen LogP contribution is 2.37. The first-order valence-corrected chi connectivity index (χ1v) is 31.6. The second kappa shape index (κ2) is 20.4. The van der Waals surface area contributed by atoms with Gasteiger partial charge in [-0.1, -0.05) is 226 Å². The number of benzene rings is 10. The van der Waals surface area contributed by atoms with Gasteiger partial charge in [0.2, 0.25) is 0 Å². The monoisotopic (exact) mass is 1120 g/mol. The van der Waals surface area contributed by atoms with Crippen molar-refractivity contribution >= 4 is 83.6 Å². The molecule has 4 aromatic heterocycles. The first kappa shape index (κ1) is 53.4. The van der Waals surface area contributed by atoms with Crippen molar-refractivity contribution in [1.82, 2.24) is 14.1 Å². The topological polar surface area (TPSA) is 49.0 Å². The predicted octanol–water partition coefficient (Wildman–Crippen LogP) is 16.8. The molecule has 0 N–H and O–H groups in total. The molecule has 0 spiro atoms. The lowest BCUT2D eigenvalue weighted by molar-refractivity contribution is -0.572. The van der Waals surface area contributed by atoms with Crippen LogP contribution >= 0.6 is 0 Å². The number of fused-ring (bicyclic) bond motifs is 7. The molecule has 14 rings (SSSR count). The van der Waals surface area contributed by atoms with Crippen LogP contribution in [-0.4, -0.2) is 22.2 Å². The quantitative estimate of drug-likeness (QED) is 0.0593. The van der Waals surface area contributed by atoms with Crippen LogP contribution in [0.4, 0.5) is 0 Å². The number of hydrogen-bond acceptors (Lipinski definition) is 3. The molecule has 0 radical (unpaired) electrons. The van der Waals surface area contributed by atoms with Gasteiger partial charge in [-0.2, -0.15) is 0 Å². The lowest BCUT2D eigenvalue weighted by Crippen LogP contribution is -2.75. The van der Waals surface area contributed by atoms with Gasteiger partial charge in [0, 0.05) is 39.4 Å². The van der Waals surface area contributed by atoms with E-state index in [1.54, 1.807) is 0 Å². The van der Waals surface area contributed by atoms with Crippen molar-refractivity contribution in [3.8, 4) is 39.8 Å². The summed E-state index contributed by atoms with van der Waals surface area (Å²) in [4.78, 5) is 5.33. The van der Waals surface area contributed by atoms with Crippen LogP contribution in [-0.2, 0) is 16.2 Å². The largest absolute Gasteiger partial charge is 0.458 e. The van der Waals surface area contributed by atoms with E-state index in [-0.39, 0.29) is 16.2 Å². The zero-order valence-electron chi connectivity index (χ0n) is 49.8. The fourth-order valence-electron chi connectivity index (χ4n) is 12.7. The van der Waals surface area contributed by atoms with E-state index < -0.39 is 8.07 Å². The number of imidazole rings is 1. The number of para-hydroxylation sites is 4. The number of nitrogens with zero attached hydrogens (tertiary/aromatic N) is 4. The average molecular weight is 1120 g/mol. The van der Waals surface area contributed by atoms with Gasteiger partial charge in [-0.3, -0.25) is 13.7 Å². The third kappa shape index (κ3) is 9.44. The zero-order chi connectivity index (χ0) is 58.4. The Balaban J connectivity index is 0.839. The molecule has 0 fully saturated rings. The van der Waals surface area contributed by atoms with Gasteiger partial charge in [0.1, 0.15) is 28.5 Å². The molecular formula is C78H68N4O2Si.